The van der Waals surface area contributed by atoms with E-state index >= 15 is 0 Å². The second-order valence-corrected chi connectivity index (χ2v) is 3.45. The Hall–Kier alpha value is 0.190. The number of rotatable bonds is 2. The van der Waals surface area contributed by atoms with Gasteiger partial charge in [0.2, 0.25) is 0 Å². The zero-order valence-electron chi connectivity index (χ0n) is 6.17. The summed E-state index contributed by atoms with van der Waals surface area (Å²) in [6.45, 7) is -0.255. The van der Waals surface area contributed by atoms with Crippen molar-refractivity contribution in [1.29, 1.82) is 0 Å². The summed E-state index contributed by atoms with van der Waals surface area (Å²) in [4.78, 5) is 0. The van der Waals surface area contributed by atoms with Crippen molar-refractivity contribution in [3.8, 4) is 0 Å². The molecule has 66 valence electrons. The summed E-state index contributed by atoms with van der Waals surface area (Å²) in [5.41, 5.74) is 0. The summed E-state index contributed by atoms with van der Waals surface area (Å²) in [6.07, 6.45) is -0.593. The largest absolute Gasteiger partial charge is 0.394 e. The maximum atomic E-state index is 9.35. The van der Waals surface area contributed by atoms with Crippen molar-refractivity contribution >= 4 is 11.8 Å². The fourth-order valence-corrected chi connectivity index (χ4v) is 1.88. The predicted octanol–water partition coefficient (Wildman–Crippen LogP) is -1.21. The third-order valence-electron chi connectivity index (χ3n) is 1.76. The SMILES string of the molecule is CS[C@H]1[C@H](O)[C@@H](CO)O[C@@H]1O. The molecule has 1 heterocycles. The van der Waals surface area contributed by atoms with E-state index in [-0.39, 0.29) is 11.9 Å². The van der Waals surface area contributed by atoms with E-state index in [2.05, 4.69) is 0 Å². The molecule has 5 heteroatoms. The Labute approximate surface area is 69.2 Å². The molecule has 0 amide bonds. The van der Waals surface area contributed by atoms with Crippen LogP contribution in [-0.4, -0.2) is 51.9 Å². The van der Waals surface area contributed by atoms with E-state index in [0.717, 1.165) is 0 Å². The zero-order chi connectivity index (χ0) is 8.43. The third-order valence-corrected chi connectivity index (χ3v) is 2.82. The molecule has 0 aromatic heterocycles. The van der Waals surface area contributed by atoms with Crippen molar-refractivity contribution < 1.29 is 20.1 Å². The van der Waals surface area contributed by atoms with Gasteiger partial charge in [-0.25, -0.2) is 0 Å². The first kappa shape index (κ1) is 9.28. The molecule has 1 rings (SSSR count). The lowest BCUT2D eigenvalue weighted by atomic mass is 10.2. The highest BCUT2D eigenvalue weighted by atomic mass is 32.2. The quantitative estimate of drug-likeness (QED) is 0.497. The van der Waals surface area contributed by atoms with Gasteiger partial charge in [-0.05, 0) is 6.26 Å². The Morgan fingerprint density at radius 2 is 2.09 bits per heavy atom. The van der Waals surface area contributed by atoms with Crippen LogP contribution in [0.4, 0.5) is 0 Å². The predicted molar refractivity (Wildman–Crippen MR) is 41.3 cm³/mol. The maximum Gasteiger partial charge on any atom is 0.169 e. The lowest BCUT2D eigenvalue weighted by Crippen LogP contribution is -2.31. The number of hydrogen-bond acceptors (Lipinski definition) is 5. The monoisotopic (exact) mass is 180 g/mol. The third kappa shape index (κ3) is 1.68. The highest BCUT2D eigenvalue weighted by molar-refractivity contribution is 7.99. The first-order valence-corrected chi connectivity index (χ1v) is 4.64. The highest BCUT2D eigenvalue weighted by Crippen LogP contribution is 2.27. The van der Waals surface area contributed by atoms with Crippen LogP contribution in [0.25, 0.3) is 0 Å². The van der Waals surface area contributed by atoms with Gasteiger partial charge in [0, 0.05) is 0 Å². The molecule has 1 aliphatic rings. The number of ether oxygens (including phenoxy) is 1. The van der Waals surface area contributed by atoms with Gasteiger partial charge in [0.25, 0.3) is 0 Å². The molecular weight excluding hydrogens is 168 g/mol. The van der Waals surface area contributed by atoms with Gasteiger partial charge in [0.1, 0.15) is 6.10 Å². The van der Waals surface area contributed by atoms with Gasteiger partial charge in [-0.3, -0.25) is 0 Å². The van der Waals surface area contributed by atoms with Crippen molar-refractivity contribution in [2.75, 3.05) is 12.9 Å². The minimum atomic E-state index is -0.961. The van der Waals surface area contributed by atoms with E-state index in [4.69, 9.17) is 14.9 Å². The number of hydrogen-bond donors (Lipinski definition) is 3. The Kier molecular flexibility index (Phi) is 3.15. The summed E-state index contributed by atoms with van der Waals surface area (Å²) >= 11 is 1.33. The normalized spacial score (nSPS) is 44.7. The minimum Gasteiger partial charge on any atom is -0.394 e. The van der Waals surface area contributed by atoms with Crippen LogP contribution in [-0.2, 0) is 4.74 Å². The van der Waals surface area contributed by atoms with Crippen LogP contribution in [0.2, 0.25) is 0 Å². The van der Waals surface area contributed by atoms with E-state index in [0.29, 0.717) is 0 Å². The van der Waals surface area contributed by atoms with Crippen LogP contribution in [0.15, 0.2) is 0 Å². The Morgan fingerprint density at radius 1 is 1.45 bits per heavy atom. The zero-order valence-corrected chi connectivity index (χ0v) is 6.99. The van der Waals surface area contributed by atoms with Crippen LogP contribution in [0, 0.1) is 0 Å². The van der Waals surface area contributed by atoms with Gasteiger partial charge in [-0.2, -0.15) is 11.8 Å². The Balaban J connectivity index is 2.55. The summed E-state index contributed by atoms with van der Waals surface area (Å²) in [5.74, 6) is 0. The van der Waals surface area contributed by atoms with Gasteiger partial charge in [-0.15, -0.1) is 0 Å². The molecule has 4 atom stereocenters. The van der Waals surface area contributed by atoms with E-state index < -0.39 is 18.5 Å². The maximum absolute atomic E-state index is 9.35. The molecule has 11 heavy (non-hydrogen) atoms. The molecule has 0 unspecified atom stereocenters. The van der Waals surface area contributed by atoms with E-state index in [9.17, 15) is 5.11 Å². The molecule has 1 saturated heterocycles. The molecule has 0 saturated carbocycles. The van der Waals surface area contributed by atoms with E-state index in [1.165, 1.54) is 11.8 Å². The van der Waals surface area contributed by atoms with Gasteiger partial charge in [0.05, 0.1) is 18.0 Å². The smallest absolute Gasteiger partial charge is 0.169 e. The van der Waals surface area contributed by atoms with Crippen molar-refractivity contribution in [2.45, 2.75) is 23.7 Å². The van der Waals surface area contributed by atoms with Crippen LogP contribution in [0.3, 0.4) is 0 Å². The summed E-state index contributed by atoms with van der Waals surface area (Å²) in [7, 11) is 0. The average Bonchev–Trinajstić information content (AvgIpc) is 2.26. The fraction of sp³-hybridized carbons (Fsp3) is 1.00. The Morgan fingerprint density at radius 3 is 2.36 bits per heavy atom. The van der Waals surface area contributed by atoms with Crippen LogP contribution < -0.4 is 0 Å². The molecule has 0 bridgehead atoms. The summed E-state index contributed by atoms with van der Waals surface area (Å²) in [6, 6.07) is 0. The standard InChI is InChI=1S/C6H12O4S/c1-11-5-4(8)3(2-7)10-6(5)9/h3-9H,2H2,1H3/t3-,4-,5+,6+/m1/s1. The highest BCUT2D eigenvalue weighted by Gasteiger charge is 2.41. The van der Waals surface area contributed by atoms with Crippen molar-refractivity contribution in [3.05, 3.63) is 0 Å². The second-order valence-electron chi connectivity index (χ2n) is 2.44. The van der Waals surface area contributed by atoms with E-state index in [1.54, 1.807) is 6.26 Å². The molecule has 0 radical (unpaired) electrons. The van der Waals surface area contributed by atoms with E-state index in [1.807, 2.05) is 0 Å². The first-order valence-electron chi connectivity index (χ1n) is 3.36. The number of thioether (sulfide) groups is 1. The first-order chi connectivity index (χ1) is 5.20. The lowest BCUT2D eigenvalue weighted by Gasteiger charge is -2.13. The molecule has 0 aromatic carbocycles. The molecule has 1 fully saturated rings. The van der Waals surface area contributed by atoms with Gasteiger partial charge < -0.3 is 20.1 Å². The minimum absolute atomic E-state index is 0.255. The van der Waals surface area contributed by atoms with Crippen molar-refractivity contribution in [2.24, 2.45) is 0 Å². The molecule has 3 N–H and O–H groups in total. The van der Waals surface area contributed by atoms with Crippen molar-refractivity contribution in [1.82, 2.24) is 0 Å². The molecule has 0 aliphatic carbocycles. The van der Waals surface area contributed by atoms with Crippen LogP contribution in [0.1, 0.15) is 0 Å². The summed E-state index contributed by atoms with van der Waals surface area (Å²) < 4.78 is 4.86. The van der Waals surface area contributed by atoms with Gasteiger partial charge >= 0.3 is 0 Å². The molecule has 0 aromatic rings. The fourth-order valence-electron chi connectivity index (χ4n) is 1.12. The average molecular weight is 180 g/mol. The van der Waals surface area contributed by atoms with Gasteiger partial charge in [-0.1, -0.05) is 0 Å². The molecule has 0 spiro atoms. The molecule has 4 nitrogen and oxygen atoms in total. The lowest BCUT2D eigenvalue weighted by molar-refractivity contribution is -0.106. The molecule has 1 aliphatic heterocycles. The van der Waals surface area contributed by atoms with Crippen molar-refractivity contribution in [3.63, 3.8) is 0 Å². The topological polar surface area (TPSA) is 69.9 Å². The second kappa shape index (κ2) is 3.73. The van der Waals surface area contributed by atoms with Crippen LogP contribution >= 0.6 is 11.8 Å². The van der Waals surface area contributed by atoms with Gasteiger partial charge in [0.15, 0.2) is 6.29 Å². The number of aliphatic hydroxyl groups is 3. The Bertz CT molecular complexity index is 132. The summed E-state index contributed by atoms with van der Waals surface area (Å²) in [5, 5.41) is 26.8. The molecular formula is C6H12O4S. The van der Waals surface area contributed by atoms with Crippen LogP contribution in [0.5, 0.6) is 0 Å². The number of aliphatic hydroxyl groups excluding tert-OH is 3.